The molecule has 0 amide bonds. The number of hydrogen-bond acceptors (Lipinski definition) is 2. The summed E-state index contributed by atoms with van der Waals surface area (Å²) in [7, 11) is -2.32. The Morgan fingerprint density at radius 3 is 2.17 bits per heavy atom. The van der Waals surface area contributed by atoms with Crippen molar-refractivity contribution in [3.63, 3.8) is 0 Å². The summed E-state index contributed by atoms with van der Waals surface area (Å²) in [6, 6.07) is 6.78. The number of thiol groups is 1. The van der Waals surface area contributed by atoms with E-state index in [4.69, 9.17) is 0 Å². The molecule has 0 fully saturated rings. The fourth-order valence-electron chi connectivity index (χ4n) is 1.22. The van der Waals surface area contributed by atoms with E-state index < -0.39 is 10.7 Å². The van der Waals surface area contributed by atoms with Gasteiger partial charge in [-0.15, -0.1) is 0 Å². The van der Waals surface area contributed by atoms with Gasteiger partial charge in [0.15, 0.2) is 0 Å². The molecule has 1 rings (SSSR count). The van der Waals surface area contributed by atoms with Crippen molar-refractivity contribution in [1.29, 1.82) is 0 Å². The summed E-state index contributed by atoms with van der Waals surface area (Å²) in [5.41, 5.74) is 2.82. The van der Waals surface area contributed by atoms with Crippen LogP contribution in [-0.4, -0.2) is 8.42 Å². The van der Waals surface area contributed by atoms with Crippen molar-refractivity contribution in [3.05, 3.63) is 34.9 Å². The summed E-state index contributed by atoms with van der Waals surface area (Å²) >= 11 is 0. The van der Waals surface area contributed by atoms with Gasteiger partial charge in [0, 0.05) is 0 Å². The first-order valence-electron chi connectivity index (χ1n) is 3.69. The Kier molecular flexibility index (Phi) is 2.87. The maximum absolute atomic E-state index is 10.4. The van der Waals surface area contributed by atoms with Crippen LogP contribution in [0.25, 0.3) is 0 Å². The molecular weight excluding hydrogens is 172 g/mol. The van der Waals surface area contributed by atoms with Crippen LogP contribution in [0.5, 0.6) is 0 Å². The Bertz CT molecular complexity index is 325. The zero-order valence-electron chi connectivity index (χ0n) is 7.13. The van der Waals surface area contributed by atoms with Crippen molar-refractivity contribution in [2.45, 2.75) is 19.6 Å². The topological polar surface area (TPSA) is 34.1 Å². The standard InChI is InChI=1S/C9H11O2S/c1-7-3-8(2)5-9(4-7)6-12(10)11/h4-5,12H,6H2,1-2H3. The van der Waals surface area contributed by atoms with Crippen LogP contribution in [0, 0.1) is 19.9 Å². The predicted molar refractivity (Wildman–Crippen MR) is 48.8 cm³/mol. The van der Waals surface area contributed by atoms with E-state index in [1.165, 1.54) is 0 Å². The van der Waals surface area contributed by atoms with Crippen LogP contribution in [0.3, 0.4) is 0 Å². The van der Waals surface area contributed by atoms with Gasteiger partial charge in [0.25, 0.3) is 0 Å². The molecule has 1 radical (unpaired) electrons. The average Bonchev–Trinajstić information content (AvgIpc) is 1.81. The molecule has 12 heavy (non-hydrogen) atoms. The molecule has 3 heteroatoms. The molecule has 0 bridgehead atoms. The average molecular weight is 183 g/mol. The molecule has 0 atom stereocenters. The SMILES string of the molecule is Cc1[c]c(C)cc(C[SH](=O)=O)c1. The second kappa shape index (κ2) is 3.72. The van der Waals surface area contributed by atoms with Crippen LogP contribution < -0.4 is 0 Å². The number of rotatable bonds is 2. The quantitative estimate of drug-likeness (QED) is 0.699. The van der Waals surface area contributed by atoms with Crippen molar-refractivity contribution in [2.75, 3.05) is 0 Å². The Hall–Kier alpha value is -0.830. The molecule has 0 saturated carbocycles. The maximum atomic E-state index is 10.4. The molecule has 0 spiro atoms. The lowest BCUT2D eigenvalue weighted by molar-refractivity contribution is 0.614. The molecule has 0 aromatic heterocycles. The Balaban J connectivity index is 3.00. The number of aryl methyl sites for hydroxylation is 2. The van der Waals surface area contributed by atoms with Crippen LogP contribution in [0.4, 0.5) is 0 Å². The van der Waals surface area contributed by atoms with Gasteiger partial charge in [-0.3, -0.25) is 0 Å². The molecule has 0 saturated heterocycles. The maximum Gasteiger partial charge on any atom is 0.144 e. The predicted octanol–water partition coefficient (Wildman–Crippen LogP) is 1.22. The van der Waals surface area contributed by atoms with Crippen molar-refractivity contribution in [3.8, 4) is 0 Å². The van der Waals surface area contributed by atoms with Gasteiger partial charge in [-0.25, -0.2) is 8.42 Å². The highest BCUT2D eigenvalue weighted by Crippen LogP contribution is 2.08. The largest absolute Gasteiger partial charge is 0.232 e. The smallest absolute Gasteiger partial charge is 0.144 e. The van der Waals surface area contributed by atoms with E-state index >= 15 is 0 Å². The van der Waals surface area contributed by atoms with Crippen LogP contribution in [0.15, 0.2) is 12.1 Å². The third-order valence-corrected chi connectivity index (χ3v) is 2.13. The zero-order valence-corrected chi connectivity index (χ0v) is 8.02. The van der Waals surface area contributed by atoms with E-state index in [-0.39, 0.29) is 5.75 Å². The van der Waals surface area contributed by atoms with Crippen molar-refractivity contribution < 1.29 is 8.42 Å². The first-order valence-corrected chi connectivity index (χ1v) is 5.05. The Morgan fingerprint density at radius 1 is 1.25 bits per heavy atom. The summed E-state index contributed by atoms with van der Waals surface area (Å²) < 4.78 is 20.8. The molecular formula is C9H11O2S. The van der Waals surface area contributed by atoms with Gasteiger partial charge in [-0.1, -0.05) is 12.1 Å². The van der Waals surface area contributed by atoms with Crippen molar-refractivity contribution >= 4 is 10.7 Å². The normalized spacial score (nSPS) is 10.6. The van der Waals surface area contributed by atoms with Gasteiger partial charge in [-0.05, 0) is 36.6 Å². The van der Waals surface area contributed by atoms with Crippen molar-refractivity contribution in [1.82, 2.24) is 0 Å². The zero-order chi connectivity index (χ0) is 9.14. The van der Waals surface area contributed by atoms with E-state index in [9.17, 15) is 8.42 Å². The summed E-state index contributed by atoms with van der Waals surface area (Å²) in [4.78, 5) is 0. The van der Waals surface area contributed by atoms with Crippen LogP contribution in [0.2, 0.25) is 0 Å². The molecule has 0 unspecified atom stereocenters. The Labute approximate surface area is 74.2 Å². The second-order valence-corrected chi connectivity index (χ2v) is 3.83. The van der Waals surface area contributed by atoms with Gasteiger partial charge >= 0.3 is 0 Å². The van der Waals surface area contributed by atoms with E-state index in [0.29, 0.717) is 0 Å². The number of benzene rings is 1. The summed E-state index contributed by atoms with van der Waals surface area (Å²) in [6.45, 7) is 3.82. The molecule has 0 heterocycles. The first kappa shape index (κ1) is 9.26. The van der Waals surface area contributed by atoms with E-state index in [1.54, 1.807) is 0 Å². The lowest BCUT2D eigenvalue weighted by Crippen LogP contribution is -1.89. The van der Waals surface area contributed by atoms with Gasteiger partial charge in [0.1, 0.15) is 10.7 Å². The van der Waals surface area contributed by atoms with Crippen LogP contribution in [-0.2, 0) is 16.5 Å². The molecule has 0 N–H and O–H groups in total. The summed E-state index contributed by atoms with van der Waals surface area (Å²) in [5.74, 6) is 0.131. The molecule has 65 valence electrons. The van der Waals surface area contributed by atoms with E-state index in [1.807, 2.05) is 26.0 Å². The third kappa shape index (κ3) is 2.66. The molecule has 1 aromatic rings. The lowest BCUT2D eigenvalue weighted by Gasteiger charge is -1.99. The molecule has 2 nitrogen and oxygen atoms in total. The van der Waals surface area contributed by atoms with Gasteiger partial charge in [-0.2, -0.15) is 0 Å². The van der Waals surface area contributed by atoms with Gasteiger partial charge in [0.05, 0.1) is 5.75 Å². The molecule has 0 aliphatic carbocycles. The fraction of sp³-hybridized carbons (Fsp3) is 0.333. The highest BCUT2D eigenvalue weighted by atomic mass is 32.2. The minimum absolute atomic E-state index is 0.131. The lowest BCUT2D eigenvalue weighted by atomic mass is 10.1. The van der Waals surface area contributed by atoms with Crippen molar-refractivity contribution in [2.24, 2.45) is 0 Å². The molecule has 0 aliphatic rings. The Morgan fingerprint density at radius 2 is 1.75 bits per heavy atom. The van der Waals surface area contributed by atoms with Crippen LogP contribution in [0.1, 0.15) is 16.7 Å². The van der Waals surface area contributed by atoms with E-state index in [2.05, 4.69) is 6.07 Å². The monoisotopic (exact) mass is 183 g/mol. The minimum Gasteiger partial charge on any atom is -0.232 e. The minimum atomic E-state index is -2.32. The van der Waals surface area contributed by atoms with Gasteiger partial charge < -0.3 is 0 Å². The first-order chi connectivity index (χ1) is 5.58. The second-order valence-electron chi connectivity index (χ2n) is 2.85. The van der Waals surface area contributed by atoms with E-state index in [0.717, 1.165) is 16.7 Å². The fourth-order valence-corrected chi connectivity index (χ4v) is 1.70. The summed E-state index contributed by atoms with van der Waals surface area (Å²) in [5, 5.41) is 0. The molecule has 1 aromatic carbocycles. The highest BCUT2D eigenvalue weighted by Gasteiger charge is 1.96. The third-order valence-electron chi connectivity index (χ3n) is 1.51. The molecule has 0 aliphatic heterocycles. The highest BCUT2D eigenvalue weighted by molar-refractivity contribution is 7.71. The van der Waals surface area contributed by atoms with Gasteiger partial charge in [0.2, 0.25) is 0 Å². The van der Waals surface area contributed by atoms with Crippen LogP contribution >= 0.6 is 0 Å². The summed E-state index contributed by atoms with van der Waals surface area (Å²) in [6.07, 6.45) is 0. The number of hydrogen-bond donors (Lipinski definition) is 1.